The van der Waals surface area contributed by atoms with Crippen molar-refractivity contribution in [2.45, 2.75) is 18.7 Å². The Kier molecular flexibility index (Phi) is 3.06. The molecule has 2 radical (unpaired) electrons. The van der Waals surface area contributed by atoms with Crippen LogP contribution >= 0.6 is 0 Å². The number of rotatable bonds is 0. The van der Waals surface area contributed by atoms with Crippen molar-refractivity contribution in [2.75, 3.05) is 0 Å². The first-order valence-corrected chi connectivity index (χ1v) is 6.42. The zero-order valence-corrected chi connectivity index (χ0v) is 10.3. The second-order valence-electron chi connectivity index (χ2n) is 4.90. The van der Waals surface area contributed by atoms with Crippen LogP contribution in [0.1, 0.15) is 22.3 Å². The van der Waals surface area contributed by atoms with Crippen molar-refractivity contribution in [3.63, 3.8) is 0 Å². The van der Waals surface area contributed by atoms with Crippen molar-refractivity contribution in [3.05, 3.63) is 70.8 Å². The summed E-state index contributed by atoms with van der Waals surface area (Å²) in [6.45, 7) is 0. The maximum atomic E-state index is 6.28. The Morgan fingerprint density at radius 2 is 1.17 bits per heavy atom. The molecule has 0 N–H and O–H groups in total. The molecule has 0 spiro atoms. The number of benzene rings is 2. The maximum Gasteiger partial charge on any atom is 0.0708 e. The molecule has 0 nitrogen and oxygen atoms in total. The summed E-state index contributed by atoms with van der Waals surface area (Å²) in [6.07, 6.45) is 6.28. The third-order valence-electron chi connectivity index (χ3n) is 3.52. The third-order valence-corrected chi connectivity index (χ3v) is 3.52. The van der Waals surface area contributed by atoms with E-state index in [1.54, 1.807) is 0 Å². The van der Waals surface area contributed by atoms with Crippen LogP contribution in [-0.4, -0.2) is 7.85 Å². The van der Waals surface area contributed by atoms with Crippen molar-refractivity contribution < 1.29 is 0 Å². The third kappa shape index (κ3) is 2.26. The molecule has 2 aromatic rings. The molecule has 1 aliphatic rings. The monoisotopic (exact) mass is 230 g/mol. The molecule has 0 bridgehead atoms. The summed E-state index contributed by atoms with van der Waals surface area (Å²) in [5.41, 5.74) is 5.25. The van der Waals surface area contributed by atoms with Gasteiger partial charge in [-0.05, 0) is 35.1 Å². The zero-order valence-electron chi connectivity index (χ0n) is 10.3. The molecule has 3 rings (SSSR count). The van der Waals surface area contributed by atoms with Gasteiger partial charge in [0, 0.05) is 0 Å². The van der Waals surface area contributed by atoms with Gasteiger partial charge in [0.1, 0.15) is 0 Å². The highest BCUT2D eigenvalue weighted by molar-refractivity contribution is 6.12. The van der Waals surface area contributed by atoms with Crippen LogP contribution < -0.4 is 0 Å². The first kappa shape index (κ1) is 11.3. The van der Waals surface area contributed by atoms with Gasteiger partial charge in [-0.2, -0.15) is 0 Å². The van der Waals surface area contributed by atoms with Crippen molar-refractivity contribution in [3.8, 4) is 0 Å². The lowest BCUT2D eigenvalue weighted by Crippen LogP contribution is -2.03. The fourth-order valence-electron chi connectivity index (χ4n) is 2.58. The summed E-state index contributed by atoms with van der Waals surface area (Å²) < 4.78 is 0. The lowest BCUT2D eigenvalue weighted by atomic mass is 9.77. The van der Waals surface area contributed by atoms with Crippen molar-refractivity contribution in [2.24, 2.45) is 0 Å². The average molecular weight is 230 g/mol. The highest BCUT2D eigenvalue weighted by Crippen LogP contribution is 2.25. The van der Waals surface area contributed by atoms with E-state index in [4.69, 9.17) is 7.85 Å². The fourth-order valence-corrected chi connectivity index (χ4v) is 2.58. The SMILES string of the molecule is [B]C1Cc2ccccc2/C=C\c2ccccc2C1. The second-order valence-corrected chi connectivity index (χ2v) is 4.90. The van der Waals surface area contributed by atoms with Gasteiger partial charge in [0.15, 0.2) is 0 Å². The van der Waals surface area contributed by atoms with Gasteiger partial charge in [0.25, 0.3) is 0 Å². The average Bonchev–Trinajstić information content (AvgIpc) is 2.45. The quantitative estimate of drug-likeness (QED) is 0.602. The van der Waals surface area contributed by atoms with Gasteiger partial charge in [-0.1, -0.05) is 66.5 Å². The summed E-state index contributed by atoms with van der Waals surface area (Å²) in [6, 6.07) is 17.0. The molecule has 0 saturated carbocycles. The Morgan fingerprint density at radius 3 is 1.67 bits per heavy atom. The summed E-state index contributed by atoms with van der Waals surface area (Å²) in [4.78, 5) is 0. The van der Waals surface area contributed by atoms with E-state index in [-0.39, 0.29) is 5.82 Å². The molecule has 2 aromatic carbocycles. The van der Waals surface area contributed by atoms with Crippen LogP contribution in [0.4, 0.5) is 0 Å². The van der Waals surface area contributed by atoms with Crippen molar-refractivity contribution >= 4 is 20.0 Å². The normalized spacial score (nSPS) is 16.9. The van der Waals surface area contributed by atoms with Crippen LogP contribution in [0.5, 0.6) is 0 Å². The van der Waals surface area contributed by atoms with Crippen LogP contribution in [0.25, 0.3) is 12.2 Å². The molecule has 0 heterocycles. The van der Waals surface area contributed by atoms with Crippen LogP contribution in [0.15, 0.2) is 48.5 Å². The summed E-state index contributed by atoms with van der Waals surface area (Å²) in [5, 5.41) is 0. The van der Waals surface area contributed by atoms with E-state index in [0.717, 1.165) is 12.8 Å². The lowest BCUT2D eigenvalue weighted by molar-refractivity contribution is 0.815. The molecule has 0 amide bonds. The van der Waals surface area contributed by atoms with Gasteiger partial charge >= 0.3 is 0 Å². The van der Waals surface area contributed by atoms with Gasteiger partial charge < -0.3 is 0 Å². The fraction of sp³-hybridized carbons (Fsp3) is 0.176. The molecule has 0 aromatic heterocycles. The summed E-state index contributed by atoms with van der Waals surface area (Å²) in [7, 11) is 6.28. The number of hydrogen-bond acceptors (Lipinski definition) is 0. The Bertz CT molecular complexity index is 532. The lowest BCUT2D eigenvalue weighted by Gasteiger charge is -2.13. The number of hydrogen-bond donors (Lipinski definition) is 0. The molecule has 1 heteroatoms. The van der Waals surface area contributed by atoms with Crippen molar-refractivity contribution in [1.29, 1.82) is 0 Å². The Labute approximate surface area is 110 Å². The molecular formula is C17H15B. The molecule has 0 aliphatic heterocycles. The first-order valence-electron chi connectivity index (χ1n) is 6.42. The minimum absolute atomic E-state index is 0.187. The molecule has 1 aliphatic carbocycles. The predicted molar refractivity (Wildman–Crippen MR) is 78.7 cm³/mol. The Hall–Kier alpha value is -1.76. The molecule has 18 heavy (non-hydrogen) atoms. The van der Waals surface area contributed by atoms with Crippen LogP contribution in [0, 0.1) is 0 Å². The highest BCUT2D eigenvalue weighted by Gasteiger charge is 2.11. The molecule has 0 saturated heterocycles. The first-order chi connectivity index (χ1) is 8.83. The van der Waals surface area contributed by atoms with Crippen LogP contribution in [0.2, 0.25) is 5.82 Å². The van der Waals surface area contributed by atoms with Gasteiger partial charge in [-0.25, -0.2) is 0 Å². The minimum atomic E-state index is 0.187. The second kappa shape index (κ2) is 4.85. The van der Waals surface area contributed by atoms with E-state index in [1.165, 1.54) is 22.3 Å². The molecule has 0 fully saturated rings. The Morgan fingerprint density at radius 1 is 0.722 bits per heavy atom. The largest absolute Gasteiger partial charge is 0.0708 e. The summed E-state index contributed by atoms with van der Waals surface area (Å²) in [5.74, 6) is 0.187. The molecule has 0 unspecified atom stereocenters. The van der Waals surface area contributed by atoms with E-state index >= 15 is 0 Å². The van der Waals surface area contributed by atoms with Gasteiger partial charge in [-0.3, -0.25) is 0 Å². The standard InChI is InChI=1S/C17H15B/c18-17-11-15-7-3-1-5-13(15)9-10-14-6-2-4-8-16(14)12-17/h1-10,17H,11-12H2/b10-9-. The zero-order chi connectivity index (χ0) is 12.4. The predicted octanol–water partition coefficient (Wildman–Crippen LogP) is 3.91. The van der Waals surface area contributed by atoms with Gasteiger partial charge in [-0.15, -0.1) is 0 Å². The van der Waals surface area contributed by atoms with E-state index < -0.39 is 0 Å². The van der Waals surface area contributed by atoms with E-state index in [1.807, 2.05) is 0 Å². The topological polar surface area (TPSA) is 0 Å². The minimum Gasteiger partial charge on any atom is -0.0694 e. The van der Waals surface area contributed by atoms with Crippen LogP contribution in [-0.2, 0) is 12.8 Å². The van der Waals surface area contributed by atoms with Crippen LogP contribution in [0.3, 0.4) is 0 Å². The number of fused-ring (bicyclic) bond motifs is 2. The van der Waals surface area contributed by atoms with Gasteiger partial charge in [0.2, 0.25) is 0 Å². The molecule has 86 valence electrons. The Balaban J connectivity index is 2.10. The molecular weight excluding hydrogens is 215 g/mol. The molecule has 0 atom stereocenters. The van der Waals surface area contributed by atoms with Gasteiger partial charge in [0.05, 0.1) is 7.85 Å². The van der Waals surface area contributed by atoms with E-state index in [9.17, 15) is 0 Å². The highest BCUT2D eigenvalue weighted by atomic mass is 14.1. The summed E-state index contributed by atoms with van der Waals surface area (Å²) >= 11 is 0. The van der Waals surface area contributed by atoms with Crippen molar-refractivity contribution in [1.82, 2.24) is 0 Å². The van der Waals surface area contributed by atoms with E-state index in [0.29, 0.717) is 0 Å². The smallest absolute Gasteiger partial charge is 0.0694 e. The maximum absolute atomic E-state index is 6.28. The van der Waals surface area contributed by atoms with E-state index in [2.05, 4.69) is 60.7 Å².